The van der Waals surface area contributed by atoms with Gasteiger partial charge in [0.25, 0.3) is 0 Å². The normalized spacial score (nSPS) is 12.8. The number of hydrogen-bond donors (Lipinski definition) is 2. The van der Waals surface area contributed by atoms with Gasteiger partial charge in [0.2, 0.25) is 0 Å². The first-order valence-electron chi connectivity index (χ1n) is 7.56. The highest BCUT2D eigenvalue weighted by Gasteiger charge is 2.19. The fourth-order valence-electron chi connectivity index (χ4n) is 2.40. The van der Waals surface area contributed by atoms with E-state index in [-0.39, 0.29) is 32.3 Å². The van der Waals surface area contributed by atoms with Crippen molar-refractivity contribution in [3.05, 3.63) is 47.5 Å². The summed E-state index contributed by atoms with van der Waals surface area (Å²) in [5.41, 5.74) is 12.3. The molecule has 0 radical (unpaired) electrons. The molecule has 4 N–H and O–H groups in total. The number of nitrogen functional groups attached to an aromatic ring is 2. The maximum atomic E-state index is 12.5. The Morgan fingerprint density at radius 2 is 1.00 bits per heavy atom. The van der Waals surface area contributed by atoms with Crippen molar-refractivity contribution in [3.8, 4) is 0 Å². The zero-order valence-electron chi connectivity index (χ0n) is 14.7. The fourth-order valence-corrected chi connectivity index (χ4v) is 5.28. The SMILES string of the molecule is CS(=O)(=O)c1ccc(CS(=O)(=O)Cc2ccc(S(C)(=O)=O)cc2N)c(N)c1. The molecule has 0 bridgehead atoms. The molecule has 2 aromatic carbocycles. The molecule has 2 aromatic rings. The van der Waals surface area contributed by atoms with Crippen molar-refractivity contribution in [3.63, 3.8) is 0 Å². The van der Waals surface area contributed by atoms with Gasteiger partial charge in [-0.2, -0.15) is 0 Å². The van der Waals surface area contributed by atoms with Crippen LogP contribution in [0, 0.1) is 0 Å². The number of nitrogens with two attached hydrogens (primary N) is 2. The van der Waals surface area contributed by atoms with Gasteiger partial charge in [-0.05, 0) is 35.4 Å². The second-order valence-corrected chi connectivity index (χ2v) is 12.4. The van der Waals surface area contributed by atoms with Crippen LogP contribution in [0.15, 0.2) is 46.2 Å². The van der Waals surface area contributed by atoms with Gasteiger partial charge in [-0.1, -0.05) is 12.1 Å². The first kappa shape index (κ1) is 21.2. The van der Waals surface area contributed by atoms with Gasteiger partial charge in [0.15, 0.2) is 29.5 Å². The average Bonchev–Trinajstić information content (AvgIpc) is 2.49. The average molecular weight is 433 g/mol. The Hall–Kier alpha value is -2.11. The Morgan fingerprint density at radius 1 is 0.667 bits per heavy atom. The third kappa shape index (κ3) is 5.44. The summed E-state index contributed by atoms with van der Waals surface area (Å²) >= 11 is 0. The van der Waals surface area contributed by atoms with E-state index in [4.69, 9.17) is 11.5 Å². The Labute approximate surface area is 159 Å². The summed E-state index contributed by atoms with van der Waals surface area (Å²) in [5, 5.41) is 0. The van der Waals surface area contributed by atoms with Crippen molar-refractivity contribution in [1.29, 1.82) is 0 Å². The predicted octanol–water partition coefficient (Wildman–Crippen LogP) is 0.773. The number of benzene rings is 2. The topological polar surface area (TPSA) is 154 Å². The van der Waals surface area contributed by atoms with Crippen LogP contribution in [-0.2, 0) is 41.0 Å². The molecule has 11 heteroatoms. The van der Waals surface area contributed by atoms with Gasteiger partial charge in [-0.15, -0.1) is 0 Å². The van der Waals surface area contributed by atoms with Crippen LogP contribution in [0.3, 0.4) is 0 Å². The molecular weight excluding hydrogens is 412 g/mol. The van der Waals surface area contributed by atoms with Crippen molar-refractivity contribution < 1.29 is 25.3 Å². The van der Waals surface area contributed by atoms with Crippen LogP contribution < -0.4 is 11.5 Å². The smallest absolute Gasteiger partial charge is 0.175 e. The number of anilines is 2. The largest absolute Gasteiger partial charge is 0.398 e. The van der Waals surface area contributed by atoms with Crippen LogP contribution in [0.4, 0.5) is 11.4 Å². The zero-order chi connectivity index (χ0) is 20.6. The first-order chi connectivity index (χ1) is 12.2. The molecule has 0 heterocycles. The van der Waals surface area contributed by atoms with E-state index >= 15 is 0 Å². The molecule has 0 aromatic heterocycles. The summed E-state index contributed by atoms with van der Waals surface area (Å²) in [7, 11) is -10.6. The van der Waals surface area contributed by atoms with Gasteiger partial charge in [0.05, 0.1) is 21.3 Å². The maximum absolute atomic E-state index is 12.5. The molecule has 27 heavy (non-hydrogen) atoms. The molecule has 0 aliphatic heterocycles. The maximum Gasteiger partial charge on any atom is 0.175 e. The molecule has 0 aliphatic rings. The second-order valence-electron chi connectivity index (χ2n) is 6.30. The Bertz CT molecular complexity index is 1110. The van der Waals surface area contributed by atoms with Gasteiger partial charge in [-0.3, -0.25) is 0 Å². The minimum absolute atomic E-state index is 0.00163. The molecule has 0 saturated heterocycles. The van der Waals surface area contributed by atoms with E-state index in [1.54, 1.807) is 0 Å². The Balaban J connectivity index is 2.28. The molecule has 0 atom stereocenters. The van der Waals surface area contributed by atoms with Crippen LogP contribution in [0.1, 0.15) is 11.1 Å². The van der Waals surface area contributed by atoms with E-state index in [9.17, 15) is 25.3 Å². The third-order valence-electron chi connectivity index (χ3n) is 3.84. The summed E-state index contributed by atoms with van der Waals surface area (Å²) in [5.74, 6) is -0.813. The molecule has 0 aliphatic carbocycles. The van der Waals surface area contributed by atoms with E-state index in [1.807, 2.05) is 0 Å². The highest BCUT2D eigenvalue weighted by Crippen LogP contribution is 2.24. The van der Waals surface area contributed by atoms with Gasteiger partial charge in [0, 0.05) is 23.9 Å². The lowest BCUT2D eigenvalue weighted by molar-refractivity contribution is 0.594. The van der Waals surface area contributed by atoms with E-state index in [2.05, 4.69) is 0 Å². The van der Waals surface area contributed by atoms with Gasteiger partial charge in [-0.25, -0.2) is 25.3 Å². The van der Waals surface area contributed by atoms with E-state index < -0.39 is 41.0 Å². The summed E-state index contributed by atoms with van der Waals surface area (Å²) in [6.07, 6.45) is 2.06. The molecule has 8 nitrogen and oxygen atoms in total. The van der Waals surface area contributed by atoms with E-state index in [0.29, 0.717) is 0 Å². The molecule has 0 spiro atoms. The number of hydrogen-bond acceptors (Lipinski definition) is 8. The summed E-state index contributed by atoms with van der Waals surface area (Å²) in [4.78, 5) is 0.00325. The highest BCUT2D eigenvalue weighted by molar-refractivity contribution is 7.91. The van der Waals surface area contributed by atoms with Crippen LogP contribution in [-0.4, -0.2) is 37.8 Å². The van der Waals surface area contributed by atoms with Crippen molar-refractivity contribution in [2.45, 2.75) is 21.3 Å². The molecule has 2 rings (SSSR count). The first-order valence-corrected chi connectivity index (χ1v) is 13.2. The fraction of sp³-hybridized carbons (Fsp3) is 0.250. The highest BCUT2D eigenvalue weighted by atomic mass is 32.2. The summed E-state index contributed by atoms with van der Waals surface area (Å²) in [6, 6.07) is 7.75. The Morgan fingerprint density at radius 3 is 1.26 bits per heavy atom. The van der Waals surface area contributed by atoms with Crippen LogP contribution in [0.5, 0.6) is 0 Å². The zero-order valence-corrected chi connectivity index (χ0v) is 17.2. The van der Waals surface area contributed by atoms with E-state index in [0.717, 1.165) is 12.5 Å². The Kier molecular flexibility index (Phi) is 5.60. The lowest BCUT2D eigenvalue weighted by Crippen LogP contribution is -2.11. The predicted molar refractivity (Wildman–Crippen MR) is 104 cm³/mol. The summed E-state index contributed by atoms with van der Waals surface area (Å²) < 4.78 is 71.1. The molecular formula is C16H20N2O6S3. The number of sulfone groups is 3. The van der Waals surface area contributed by atoms with Crippen molar-refractivity contribution >= 4 is 40.9 Å². The lowest BCUT2D eigenvalue weighted by Gasteiger charge is -2.11. The minimum atomic E-state index is -3.69. The van der Waals surface area contributed by atoms with Gasteiger partial charge in [0.1, 0.15) is 0 Å². The molecule has 0 unspecified atom stereocenters. The monoisotopic (exact) mass is 432 g/mol. The van der Waals surface area contributed by atoms with Crippen LogP contribution in [0.25, 0.3) is 0 Å². The van der Waals surface area contributed by atoms with Crippen molar-refractivity contribution in [1.82, 2.24) is 0 Å². The molecule has 0 saturated carbocycles. The quantitative estimate of drug-likeness (QED) is 0.634. The summed E-state index contributed by atoms with van der Waals surface area (Å²) in [6.45, 7) is 0. The van der Waals surface area contributed by atoms with Crippen LogP contribution >= 0.6 is 0 Å². The van der Waals surface area contributed by atoms with Gasteiger partial charge >= 0.3 is 0 Å². The van der Waals surface area contributed by atoms with Crippen molar-refractivity contribution in [2.24, 2.45) is 0 Å². The van der Waals surface area contributed by atoms with Crippen molar-refractivity contribution in [2.75, 3.05) is 24.0 Å². The second kappa shape index (κ2) is 7.13. The minimum Gasteiger partial charge on any atom is -0.398 e. The van der Waals surface area contributed by atoms with Crippen LogP contribution in [0.2, 0.25) is 0 Å². The van der Waals surface area contributed by atoms with E-state index in [1.165, 1.54) is 36.4 Å². The lowest BCUT2D eigenvalue weighted by atomic mass is 10.2. The standard InChI is InChI=1S/C16H20N2O6S3/c1-25(19,20)13-5-3-11(15(17)7-13)9-27(23,24)10-12-4-6-14(8-16(12)18)26(2,21)22/h3-8H,9-10,17-18H2,1-2H3. The number of rotatable bonds is 6. The molecule has 0 fully saturated rings. The van der Waals surface area contributed by atoms with Gasteiger partial charge < -0.3 is 11.5 Å². The third-order valence-corrected chi connectivity index (χ3v) is 7.56. The molecule has 0 amide bonds. The molecule has 148 valence electrons.